The third-order valence-corrected chi connectivity index (χ3v) is 3.19. The highest BCUT2D eigenvalue weighted by Crippen LogP contribution is 2.15. The molecule has 0 saturated carbocycles. The molecule has 86 valence electrons. The second-order valence-electron chi connectivity index (χ2n) is 3.95. The van der Waals surface area contributed by atoms with Crippen molar-refractivity contribution in [2.45, 2.75) is 46.2 Å². The highest BCUT2D eigenvalue weighted by atomic mass is 35.5. The maximum atomic E-state index is 5.70. The van der Waals surface area contributed by atoms with E-state index in [-0.39, 0.29) is 0 Å². The van der Waals surface area contributed by atoms with Gasteiger partial charge in [-0.05, 0) is 36.6 Å². The van der Waals surface area contributed by atoms with Crippen molar-refractivity contribution in [2.75, 3.05) is 0 Å². The standard InChI is InChI=1S/C12H20ClNO/c1-4-10(5-2)9(3)14-8-11-6-7-12(13)15-11/h6-7,9-10,14H,4-5,8H2,1-3H3. The van der Waals surface area contributed by atoms with E-state index in [0.29, 0.717) is 11.3 Å². The van der Waals surface area contributed by atoms with E-state index < -0.39 is 0 Å². The molecular formula is C12H20ClNO. The molecule has 0 saturated heterocycles. The number of hydrogen-bond acceptors (Lipinski definition) is 2. The largest absolute Gasteiger partial charge is 0.448 e. The Morgan fingerprint density at radius 2 is 2.00 bits per heavy atom. The molecule has 0 bridgehead atoms. The molecule has 0 aliphatic heterocycles. The maximum Gasteiger partial charge on any atom is 0.193 e. The Labute approximate surface area is 97.0 Å². The summed E-state index contributed by atoms with van der Waals surface area (Å²) in [6, 6.07) is 4.21. The highest BCUT2D eigenvalue weighted by Gasteiger charge is 2.13. The van der Waals surface area contributed by atoms with Gasteiger partial charge in [0, 0.05) is 6.04 Å². The Morgan fingerprint density at radius 3 is 2.47 bits per heavy atom. The van der Waals surface area contributed by atoms with Gasteiger partial charge in [0.25, 0.3) is 0 Å². The Hall–Kier alpha value is -0.470. The molecular weight excluding hydrogens is 210 g/mol. The average Bonchev–Trinajstić information content (AvgIpc) is 2.63. The lowest BCUT2D eigenvalue weighted by molar-refractivity contribution is 0.340. The van der Waals surface area contributed by atoms with Crippen molar-refractivity contribution in [1.82, 2.24) is 5.32 Å². The summed E-state index contributed by atoms with van der Waals surface area (Å²) in [5.41, 5.74) is 0. The van der Waals surface area contributed by atoms with Crippen LogP contribution in [0.25, 0.3) is 0 Å². The van der Waals surface area contributed by atoms with E-state index in [0.717, 1.165) is 18.2 Å². The predicted molar refractivity (Wildman–Crippen MR) is 64.1 cm³/mol. The van der Waals surface area contributed by atoms with Crippen molar-refractivity contribution in [3.8, 4) is 0 Å². The minimum absolute atomic E-state index is 0.460. The van der Waals surface area contributed by atoms with Crippen molar-refractivity contribution in [3.63, 3.8) is 0 Å². The van der Waals surface area contributed by atoms with Crippen LogP contribution in [0.3, 0.4) is 0 Å². The van der Waals surface area contributed by atoms with E-state index in [9.17, 15) is 0 Å². The van der Waals surface area contributed by atoms with E-state index in [2.05, 4.69) is 26.1 Å². The molecule has 2 nitrogen and oxygen atoms in total. The fraction of sp³-hybridized carbons (Fsp3) is 0.667. The van der Waals surface area contributed by atoms with Gasteiger partial charge in [0.05, 0.1) is 6.54 Å². The van der Waals surface area contributed by atoms with Crippen LogP contribution >= 0.6 is 11.6 Å². The summed E-state index contributed by atoms with van der Waals surface area (Å²) in [5.74, 6) is 1.63. The molecule has 1 aromatic heterocycles. The van der Waals surface area contributed by atoms with E-state index >= 15 is 0 Å². The van der Waals surface area contributed by atoms with Crippen LogP contribution < -0.4 is 5.32 Å². The molecule has 1 N–H and O–H groups in total. The van der Waals surface area contributed by atoms with E-state index in [4.69, 9.17) is 16.0 Å². The summed E-state index contributed by atoms with van der Waals surface area (Å²) in [6.45, 7) is 7.44. The highest BCUT2D eigenvalue weighted by molar-refractivity contribution is 6.28. The molecule has 1 rings (SSSR count). The molecule has 0 spiro atoms. The lowest BCUT2D eigenvalue weighted by Crippen LogP contribution is -2.32. The normalized spacial score (nSPS) is 13.4. The zero-order chi connectivity index (χ0) is 11.3. The Kier molecular flexibility index (Phi) is 5.20. The summed E-state index contributed by atoms with van der Waals surface area (Å²) in [7, 11) is 0. The summed E-state index contributed by atoms with van der Waals surface area (Å²) in [4.78, 5) is 0. The van der Waals surface area contributed by atoms with Crippen molar-refractivity contribution >= 4 is 11.6 Å². The van der Waals surface area contributed by atoms with Crippen molar-refractivity contribution in [1.29, 1.82) is 0 Å². The second-order valence-corrected chi connectivity index (χ2v) is 4.32. The first kappa shape index (κ1) is 12.6. The smallest absolute Gasteiger partial charge is 0.193 e. The van der Waals surface area contributed by atoms with Gasteiger partial charge in [0.15, 0.2) is 5.22 Å². The summed E-state index contributed by atoms with van der Waals surface area (Å²) < 4.78 is 5.28. The molecule has 0 aliphatic rings. The number of rotatable bonds is 6. The monoisotopic (exact) mass is 229 g/mol. The molecule has 15 heavy (non-hydrogen) atoms. The molecule has 0 aliphatic carbocycles. The summed E-state index contributed by atoms with van der Waals surface area (Å²) in [5, 5.41) is 3.92. The SMILES string of the molecule is CCC(CC)C(C)NCc1ccc(Cl)o1. The summed E-state index contributed by atoms with van der Waals surface area (Å²) >= 11 is 5.70. The third kappa shape index (κ3) is 3.88. The van der Waals surface area contributed by atoms with E-state index in [1.54, 1.807) is 6.07 Å². The number of hydrogen-bond donors (Lipinski definition) is 1. The maximum absolute atomic E-state index is 5.70. The van der Waals surface area contributed by atoms with Crippen LogP contribution in [-0.2, 0) is 6.54 Å². The van der Waals surface area contributed by atoms with Gasteiger partial charge in [-0.2, -0.15) is 0 Å². The van der Waals surface area contributed by atoms with Crippen molar-refractivity contribution in [2.24, 2.45) is 5.92 Å². The summed E-state index contributed by atoms with van der Waals surface area (Å²) in [6.07, 6.45) is 2.42. The average molecular weight is 230 g/mol. The van der Waals surface area contributed by atoms with Crippen molar-refractivity contribution < 1.29 is 4.42 Å². The predicted octanol–water partition coefficient (Wildman–Crippen LogP) is 3.85. The van der Waals surface area contributed by atoms with Gasteiger partial charge >= 0.3 is 0 Å². The number of furan rings is 1. The van der Waals surface area contributed by atoms with Gasteiger partial charge in [-0.3, -0.25) is 0 Å². The van der Waals surface area contributed by atoms with Gasteiger partial charge in [-0.15, -0.1) is 0 Å². The van der Waals surface area contributed by atoms with Crippen LogP contribution in [0.5, 0.6) is 0 Å². The molecule has 1 unspecified atom stereocenters. The van der Waals surface area contributed by atoms with E-state index in [1.165, 1.54) is 12.8 Å². The van der Waals surface area contributed by atoms with Gasteiger partial charge in [0.1, 0.15) is 5.76 Å². The number of halogens is 1. The Bertz CT molecular complexity index is 281. The van der Waals surface area contributed by atoms with Gasteiger partial charge in [-0.25, -0.2) is 0 Å². The quantitative estimate of drug-likeness (QED) is 0.802. The number of nitrogens with one attached hydrogen (secondary N) is 1. The molecule has 0 amide bonds. The topological polar surface area (TPSA) is 25.2 Å². The molecule has 0 fully saturated rings. The molecule has 3 heteroatoms. The lowest BCUT2D eigenvalue weighted by atomic mass is 9.95. The molecule has 1 aromatic rings. The van der Waals surface area contributed by atoms with Gasteiger partial charge in [0.2, 0.25) is 0 Å². The van der Waals surface area contributed by atoms with Crippen LogP contribution in [0.15, 0.2) is 16.5 Å². The molecule has 0 aromatic carbocycles. The van der Waals surface area contributed by atoms with Crippen LogP contribution in [0, 0.1) is 5.92 Å². The zero-order valence-electron chi connectivity index (χ0n) is 9.72. The van der Waals surface area contributed by atoms with Crippen LogP contribution in [0.1, 0.15) is 39.4 Å². The van der Waals surface area contributed by atoms with Crippen molar-refractivity contribution in [3.05, 3.63) is 23.1 Å². The zero-order valence-corrected chi connectivity index (χ0v) is 10.5. The van der Waals surface area contributed by atoms with Gasteiger partial charge < -0.3 is 9.73 Å². The second kappa shape index (κ2) is 6.19. The third-order valence-electron chi connectivity index (χ3n) is 2.98. The fourth-order valence-electron chi connectivity index (χ4n) is 1.87. The van der Waals surface area contributed by atoms with Gasteiger partial charge in [-0.1, -0.05) is 26.7 Å². The van der Waals surface area contributed by atoms with Crippen LogP contribution in [0.4, 0.5) is 0 Å². The molecule has 1 atom stereocenters. The Balaban J connectivity index is 2.36. The minimum atomic E-state index is 0.460. The van der Waals surface area contributed by atoms with Crippen LogP contribution in [0.2, 0.25) is 5.22 Å². The fourth-order valence-corrected chi connectivity index (χ4v) is 2.03. The van der Waals surface area contributed by atoms with E-state index in [1.807, 2.05) is 6.07 Å². The first-order chi connectivity index (χ1) is 7.17. The molecule has 1 heterocycles. The van der Waals surface area contributed by atoms with Crippen LogP contribution in [-0.4, -0.2) is 6.04 Å². The first-order valence-corrected chi connectivity index (χ1v) is 6.02. The lowest BCUT2D eigenvalue weighted by Gasteiger charge is -2.21. The molecule has 0 radical (unpaired) electrons. The minimum Gasteiger partial charge on any atom is -0.448 e. The Morgan fingerprint density at radius 1 is 1.33 bits per heavy atom. The first-order valence-electron chi connectivity index (χ1n) is 5.65.